The van der Waals surface area contributed by atoms with Crippen molar-refractivity contribution >= 4 is 10.8 Å². The van der Waals surface area contributed by atoms with Crippen LogP contribution in [0.1, 0.15) is 26.7 Å². The van der Waals surface area contributed by atoms with E-state index in [0.29, 0.717) is 0 Å². The quantitative estimate of drug-likeness (QED) is 0.598. The van der Waals surface area contributed by atoms with E-state index < -0.39 is 16.4 Å². The summed E-state index contributed by atoms with van der Waals surface area (Å²) in [5, 5.41) is 12.6. The largest absolute Gasteiger partial charge is 0.390 e. The van der Waals surface area contributed by atoms with Crippen LogP contribution in [0.2, 0.25) is 0 Å². The molecule has 0 fully saturated rings. The zero-order chi connectivity index (χ0) is 10.3. The van der Waals surface area contributed by atoms with Crippen LogP contribution in [-0.4, -0.2) is 40.0 Å². The van der Waals surface area contributed by atoms with Gasteiger partial charge in [0.1, 0.15) is 0 Å². The molecule has 0 radical (unpaired) electrons. The highest BCUT2D eigenvalue weighted by molar-refractivity contribution is 7.84. The van der Waals surface area contributed by atoms with Crippen molar-refractivity contribution in [2.45, 2.75) is 32.3 Å². The van der Waals surface area contributed by atoms with Gasteiger partial charge in [-0.05, 0) is 39.8 Å². The van der Waals surface area contributed by atoms with Gasteiger partial charge in [-0.3, -0.25) is 4.21 Å². The van der Waals surface area contributed by atoms with Crippen LogP contribution in [0, 0.1) is 0 Å². The summed E-state index contributed by atoms with van der Waals surface area (Å²) in [5.41, 5.74) is -0.583. The van der Waals surface area contributed by atoms with E-state index >= 15 is 0 Å². The van der Waals surface area contributed by atoms with Crippen molar-refractivity contribution < 1.29 is 9.32 Å². The molecule has 1 atom stereocenters. The van der Waals surface area contributed by atoms with Gasteiger partial charge in [0.05, 0.1) is 5.60 Å². The van der Waals surface area contributed by atoms with Crippen molar-refractivity contribution in [2.24, 2.45) is 0 Å². The van der Waals surface area contributed by atoms with E-state index in [1.807, 2.05) is 0 Å². The van der Waals surface area contributed by atoms with Crippen LogP contribution < -0.4 is 5.32 Å². The van der Waals surface area contributed by atoms with Crippen LogP contribution in [0.25, 0.3) is 0 Å². The highest BCUT2D eigenvalue weighted by Crippen LogP contribution is 2.04. The molecule has 0 saturated carbocycles. The molecule has 0 amide bonds. The van der Waals surface area contributed by atoms with Gasteiger partial charge >= 0.3 is 0 Å². The van der Waals surface area contributed by atoms with E-state index in [0.717, 1.165) is 31.7 Å². The predicted octanol–water partition coefficient (Wildman–Crippen LogP) is 0.506. The van der Waals surface area contributed by atoms with Crippen LogP contribution >= 0.6 is 0 Å². The lowest BCUT2D eigenvalue weighted by molar-refractivity contribution is 0.0713. The Hall–Kier alpha value is 0.0700. The molecule has 0 saturated heterocycles. The van der Waals surface area contributed by atoms with Crippen molar-refractivity contribution in [1.29, 1.82) is 0 Å². The third kappa shape index (κ3) is 12.1. The fraction of sp³-hybridized carbons (Fsp3) is 1.00. The lowest BCUT2D eigenvalue weighted by atomic mass is 10.1. The second-order valence-electron chi connectivity index (χ2n) is 3.94. The first-order valence-electron chi connectivity index (χ1n) is 4.65. The lowest BCUT2D eigenvalue weighted by Crippen LogP contribution is -2.27. The summed E-state index contributed by atoms with van der Waals surface area (Å²) in [5.74, 6) is 0.759. The molecule has 3 nitrogen and oxygen atoms in total. The van der Waals surface area contributed by atoms with Gasteiger partial charge in [0, 0.05) is 22.8 Å². The maximum atomic E-state index is 10.7. The van der Waals surface area contributed by atoms with Crippen LogP contribution in [0.15, 0.2) is 0 Å². The van der Waals surface area contributed by atoms with Crippen LogP contribution in [0.4, 0.5) is 0 Å². The zero-order valence-electron chi connectivity index (χ0n) is 8.80. The summed E-state index contributed by atoms with van der Waals surface area (Å²) in [6.45, 7) is 5.31. The van der Waals surface area contributed by atoms with Crippen LogP contribution in [0.3, 0.4) is 0 Å². The minimum absolute atomic E-state index is 0.583. The van der Waals surface area contributed by atoms with Gasteiger partial charge in [-0.25, -0.2) is 0 Å². The Morgan fingerprint density at radius 2 is 2.00 bits per heavy atom. The Bertz CT molecular complexity index is 154. The topological polar surface area (TPSA) is 49.3 Å². The molecule has 0 aromatic rings. The van der Waals surface area contributed by atoms with E-state index in [2.05, 4.69) is 5.32 Å². The average Bonchev–Trinajstić information content (AvgIpc) is 1.93. The third-order valence-corrected chi connectivity index (χ3v) is 2.56. The molecule has 0 bridgehead atoms. The Balaban J connectivity index is 3.13. The molecule has 0 aliphatic carbocycles. The second kappa shape index (κ2) is 6.51. The molecule has 0 aromatic carbocycles. The summed E-state index contributed by atoms with van der Waals surface area (Å²) >= 11 is 0. The Morgan fingerprint density at radius 1 is 1.38 bits per heavy atom. The fourth-order valence-electron chi connectivity index (χ4n) is 0.920. The predicted molar refractivity (Wildman–Crippen MR) is 57.3 cm³/mol. The van der Waals surface area contributed by atoms with Gasteiger partial charge < -0.3 is 10.4 Å². The first-order valence-corrected chi connectivity index (χ1v) is 6.38. The molecular weight excluding hydrogens is 186 g/mol. The summed E-state index contributed by atoms with van der Waals surface area (Å²) in [6, 6.07) is 0. The van der Waals surface area contributed by atoms with E-state index in [1.54, 1.807) is 20.1 Å². The smallest absolute Gasteiger partial charge is 0.0603 e. The summed E-state index contributed by atoms with van der Waals surface area (Å²) in [6.07, 6.45) is 3.41. The number of rotatable bonds is 7. The summed E-state index contributed by atoms with van der Waals surface area (Å²) in [7, 11) is -0.677. The summed E-state index contributed by atoms with van der Waals surface area (Å²) < 4.78 is 10.7. The van der Waals surface area contributed by atoms with Crippen molar-refractivity contribution in [3.63, 3.8) is 0 Å². The molecule has 2 N–H and O–H groups in total. The molecular formula is C9H21NO2S. The van der Waals surface area contributed by atoms with Gasteiger partial charge in [-0.1, -0.05) is 0 Å². The van der Waals surface area contributed by atoms with Gasteiger partial charge in [0.15, 0.2) is 0 Å². The fourth-order valence-corrected chi connectivity index (χ4v) is 1.47. The second-order valence-corrected chi connectivity index (χ2v) is 5.50. The van der Waals surface area contributed by atoms with Crippen LogP contribution in [0.5, 0.6) is 0 Å². The lowest BCUT2D eigenvalue weighted by Gasteiger charge is -2.16. The maximum absolute atomic E-state index is 10.7. The highest BCUT2D eigenvalue weighted by Gasteiger charge is 2.10. The Kier molecular flexibility index (Phi) is 6.55. The van der Waals surface area contributed by atoms with Crippen molar-refractivity contribution in [3.8, 4) is 0 Å². The zero-order valence-corrected chi connectivity index (χ0v) is 9.62. The molecule has 0 aromatic heterocycles. The number of hydrogen-bond donors (Lipinski definition) is 2. The minimum atomic E-state index is -0.677. The number of hydrogen-bond acceptors (Lipinski definition) is 3. The Labute approximate surface area is 83.4 Å². The molecule has 0 aliphatic heterocycles. The normalized spacial score (nSPS) is 14.5. The van der Waals surface area contributed by atoms with E-state index in [1.165, 1.54) is 0 Å². The van der Waals surface area contributed by atoms with Gasteiger partial charge in [-0.15, -0.1) is 0 Å². The molecule has 0 heterocycles. The third-order valence-electron chi connectivity index (χ3n) is 1.70. The van der Waals surface area contributed by atoms with Crippen LogP contribution in [-0.2, 0) is 10.8 Å². The Morgan fingerprint density at radius 3 is 2.46 bits per heavy atom. The molecule has 1 unspecified atom stereocenters. The number of aliphatic hydroxyl groups is 1. The highest BCUT2D eigenvalue weighted by atomic mass is 32.2. The van der Waals surface area contributed by atoms with E-state index in [9.17, 15) is 9.32 Å². The molecule has 0 spiro atoms. The molecule has 0 aliphatic rings. The van der Waals surface area contributed by atoms with Gasteiger partial charge in [0.25, 0.3) is 0 Å². The van der Waals surface area contributed by atoms with Crippen molar-refractivity contribution in [2.75, 3.05) is 25.1 Å². The standard InChI is InChI=1S/C9H21NO2S/c1-9(2,11)5-7-10-6-4-8-13(3)12/h10-11H,4-8H2,1-3H3. The van der Waals surface area contributed by atoms with Gasteiger partial charge in [0.2, 0.25) is 0 Å². The van der Waals surface area contributed by atoms with Crippen molar-refractivity contribution in [3.05, 3.63) is 0 Å². The molecule has 80 valence electrons. The maximum Gasteiger partial charge on any atom is 0.0603 e. The molecule has 4 heteroatoms. The van der Waals surface area contributed by atoms with E-state index in [4.69, 9.17) is 0 Å². The first kappa shape index (κ1) is 13.1. The molecule has 13 heavy (non-hydrogen) atoms. The number of nitrogens with one attached hydrogen (secondary N) is 1. The van der Waals surface area contributed by atoms with Gasteiger partial charge in [-0.2, -0.15) is 0 Å². The SMILES string of the molecule is CS(=O)CCCNCCC(C)(C)O. The monoisotopic (exact) mass is 207 g/mol. The first-order chi connectivity index (χ1) is 5.92. The van der Waals surface area contributed by atoms with Crippen molar-refractivity contribution in [1.82, 2.24) is 5.32 Å². The van der Waals surface area contributed by atoms with E-state index in [-0.39, 0.29) is 0 Å². The minimum Gasteiger partial charge on any atom is -0.390 e. The summed E-state index contributed by atoms with van der Waals surface area (Å²) in [4.78, 5) is 0. The molecule has 0 rings (SSSR count). The average molecular weight is 207 g/mol.